The number of hydrogen-bond donors (Lipinski definition) is 1. The van der Waals surface area contributed by atoms with Crippen LogP contribution in [0.2, 0.25) is 0 Å². The summed E-state index contributed by atoms with van der Waals surface area (Å²) in [6.07, 6.45) is 0.511. The molecule has 2 aromatic rings. The Labute approximate surface area is 163 Å². The number of benzene rings is 2. The third-order valence-electron chi connectivity index (χ3n) is 3.90. The van der Waals surface area contributed by atoms with Gasteiger partial charge in [-0.25, -0.2) is 0 Å². The minimum Gasteiger partial charge on any atom is -0.493 e. The fourth-order valence-electron chi connectivity index (χ4n) is 2.33. The van der Waals surface area contributed by atoms with Gasteiger partial charge >= 0.3 is 11.9 Å². The quantitative estimate of drug-likeness (QED) is 0.574. The molecular weight excluding hydrogens is 362 g/mol. The molecular formula is C21H23NO6. The summed E-state index contributed by atoms with van der Waals surface area (Å²) in [6.45, 7) is 5.20. The summed E-state index contributed by atoms with van der Waals surface area (Å²) >= 11 is 0. The molecule has 0 spiro atoms. The molecule has 0 aliphatic heterocycles. The van der Waals surface area contributed by atoms with E-state index in [2.05, 4.69) is 5.32 Å². The number of rotatable bonds is 7. The third-order valence-corrected chi connectivity index (χ3v) is 3.90. The van der Waals surface area contributed by atoms with Gasteiger partial charge in [-0.1, -0.05) is 13.8 Å². The molecule has 2 aromatic carbocycles. The summed E-state index contributed by atoms with van der Waals surface area (Å²) in [4.78, 5) is 35.4. The van der Waals surface area contributed by atoms with Crippen molar-refractivity contribution in [2.45, 2.75) is 33.6 Å². The van der Waals surface area contributed by atoms with Crippen molar-refractivity contribution in [3.63, 3.8) is 0 Å². The molecule has 0 bridgehead atoms. The average molecular weight is 385 g/mol. The monoisotopic (exact) mass is 385 g/mol. The Morgan fingerprint density at radius 1 is 0.893 bits per heavy atom. The zero-order valence-corrected chi connectivity index (χ0v) is 16.3. The fraction of sp³-hybridized carbons (Fsp3) is 0.286. The van der Waals surface area contributed by atoms with E-state index in [1.807, 2.05) is 0 Å². The summed E-state index contributed by atoms with van der Waals surface area (Å²) in [7, 11) is 1.43. The highest BCUT2D eigenvalue weighted by molar-refractivity contribution is 6.05. The summed E-state index contributed by atoms with van der Waals surface area (Å²) in [5.41, 5.74) is 1.67. The van der Waals surface area contributed by atoms with Gasteiger partial charge < -0.3 is 19.5 Å². The van der Waals surface area contributed by atoms with Crippen LogP contribution in [0.5, 0.6) is 17.2 Å². The van der Waals surface area contributed by atoms with Gasteiger partial charge in [0, 0.05) is 24.1 Å². The number of ether oxygens (including phenoxy) is 3. The van der Waals surface area contributed by atoms with Crippen LogP contribution in [0.15, 0.2) is 36.4 Å². The van der Waals surface area contributed by atoms with Gasteiger partial charge in [0.2, 0.25) is 0 Å². The van der Waals surface area contributed by atoms with Crippen molar-refractivity contribution in [1.29, 1.82) is 0 Å². The van der Waals surface area contributed by atoms with Gasteiger partial charge in [0.05, 0.1) is 7.11 Å². The minimum atomic E-state index is -0.394. The van der Waals surface area contributed by atoms with Crippen LogP contribution in [0.25, 0.3) is 0 Å². The third kappa shape index (κ3) is 5.33. The van der Waals surface area contributed by atoms with E-state index in [1.165, 1.54) is 19.2 Å². The highest BCUT2D eigenvalue weighted by atomic mass is 16.6. The minimum absolute atomic E-state index is 0.230. The lowest BCUT2D eigenvalue weighted by atomic mass is 10.1. The lowest BCUT2D eigenvalue weighted by molar-refractivity contribution is -0.135. The van der Waals surface area contributed by atoms with Crippen LogP contribution in [0.3, 0.4) is 0 Å². The molecule has 0 radical (unpaired) electrons. The molecule has 0 atom stereocenters. The number of nitrogens with one attached hydrogen (secondary N) is 1. The molecule has 0 aliphatic rings. The number of hydrogen-bond acceptors (Lipinski definition) is 6. The van der Waals surface area contributed by atoms with Crippen LogP contribution in [0.4, 0.5) is 5.69 Å². The summed E-state index contributed by atoms with van der Waals surface area (Å²) in [5.74, 6) is -0.113. The number of carbonyl (C=O) groups is 3. The van der Waals surface area contributed by atoms with Crippen molar-refractivity contribution in [2.75, 3.05) is 12.4 Å². The van der Waals surface area contributed by atoms with Crippen molar-refractivity contribution in [1.82, 2.24) is 0 Å². The first-order valence-electron chi connectivity index (χ1n) is 8.89. The van der Waals surface area contributed by atoms with E-state index in [0.29, 0.717) is 17.0 Å². The molecule has 0 saturated heterocycles. The second-order valence-electron chi connectivity index (χ2n) is 5.95. The highest BCUT2D eigenvalue weighted by Crippen LogP contribution is 2.29. The van der Waals surface area contributed by atoms with E-state index in [1.54, 1.807) is 45.0 Å². The number of esters is 2. The second-order valence-corrected chi connectivity index (χ2v) is 5.95. The maximum Gasteiger partial charge on any atom is 0.311 e. The van der Waals surface area contributed by atoms with Crippen molar-refractivity contribution >= 4 is 23.5 Å². The average Bonchev–Trinajstić information content (AvgIpc) is 2.69. The Balaban J connectivity index is 2.16. The smallest absolute Gasteiger partial charge is 0.311 e. The number of aryl methyl sites for hydroxylation is 1. The van der Waals surface area contributed by atoms with Crippen molar-refractivity contribution in [3.8, 4) is 17.2 Å². The zero-order chi connectivity index (χ0) is 20.7. The van der Waals surface area contributed by atoms with Gasteiger partial charge in [-0.2, -0.15) is 0 Å². The fourth-order valence-corrected chi connectivity index (χ4v) is 2.33. The first kappa shape index (κ1) is 21.0. The van der Waals surface area contributed by atoms with E-state index in [0.717, 1.165) is 5.56 Å². The largest absolute Gasteiger partial charge is 0.493 e. The number of methoxy groups -OCH3 is 1. The lowest BCUT2D eigenvalue weighted by Gasteiger charge is -2.12. The number of carbonyl (C=O) groups excluding carboxylic acids is 3. The maximum atomic E-state index is 12.6. The Morgan fingerprint density at radius 3 is 2.18 bits per heavy atom. The Bertz CT molecular complexity index is 890. The van der Waals surface area contributed by atoms with Gasteiger partial charge in [0.15, 0.2) is 11.5 Å². The van der Waals surface area contributed by atoms with Gasteiger partial charge in [0.1, 0.15) is 5.75 Å². The molecule has 1 N–H and O–H groups in total. The SMILES string of the molecule is CCC(=O)Oc1ccc(NC(=O)c2ccc(OC(=O)CC)c(OC)c2)c(C)c1. The van der Waals surface area contributed by atoms with Crippen molar-refractivity contribution < 1.29 is 28.6 Å². The van der Waals surface area contributed by atoms with Gasteiger partial charge in [-0.15, -0.1) is 0 Å². The van der Waals surface area contributed by atoms with Crippen LogP contribution in [-0.4, -0.2) is 25.0 Å². The van der Waals surface area contributed by atoms with Gasteiger partial charge in [-0.3, -0.25) is 14.4 Å². The molecule has 0 unspecified atom stereocenters. The van der Waals surface area contributed by atoms with E-state index >= 15 is 0 Å². The molecule has 2 rings (SSSR count). The normalized spacial score (nSPS) is 10.1. The first-order chi connectivity index (χ1) is 13.4. The maximum absolute atomic E-state index is 12.6. The van der Waals surface area contributed by atoms with Crippen LogP contribution >= 0.6 is 0 Å². The number of anilines is 1. The topological polar surface area (TPSA) is 90.9 Å². The second kappa shape index (κ2) is 9.55. The Morgan fingerprint density at radius 2 is 1.57 bits per heavy atom. The molecule has 1 amide bonds. The van der Waals surface area contributed by atoms with Crippen molar-refractivity contribution in [3.05, 3.63) is 47.5 Å². The van der Waals surface area contributed by atoms with E-state index < -0.39 is 5.97 Å². The molecule has 0 aromatic heterocycles. The zero-order valence-electron chi connectivity index (χ0n) is 16.3. The highest BCUT2D eigenvalue weighted by Gasteiger charge is 2.14. The summed E-state index contributed by atoms with van der Waals surface area (Å²) < 4.78 is 15.6. The lowest BCUT2D eigenvalue weighted by Crippen LogP contribution is -2.14. The Hall–Kier alpha value is -3.35. The molecule has 0 aliphatic carbocycles. The van der Waals surface area contributed by atoms with Crippen molar-refractivity contribution in [2.24, 2.45) is 0 Å². The van der Waals surface area contributed by atoms with E-state index in [-0.39, 0.29) is 36.2 Å². The molecule has 7 nitrogen and oxygen atoms in total. The van der Waals surface area contributed by atoms with E-state index in [4.69, 9.17) is 14.2 Å². The van der Waals surface area contributed by atoms with Crippen LogP contribution in [0.1, 0.15) is 42.6 Å². The van der Waals surface area contributed by atoms with Crippen LogP contribution in [0, 0.1) is 6.92 Å². The molecule has 7 heteroatoms. The van der Waals surface area contributed by atoms with Gasteiger partial charge in [-0.05, 0) is 48.9 Å². The molecule has 0 heterocycles. The predicted molar refractivity (Wildman–Crippen MR) is 104 cm³/mol. The van der Waals surface area contributed by atoms with Crippen LogP contribution in [-0.2, 0) is 9.59 Å². The predicted octanol–water partition coefficient (Wildman–Crippen LogP) is 3.89. The van der Waals surface area contributed by atoms with E-state index in [9.17, 15) is 14.4 Å². The standard InChI is InChI=1S/C21H23NO6/c1-5-19(23)27-15-8-9-16(13(3)11-15)22-21(25)14-7-10-17(18(12-14)26-4)28-20(24)6-2/h7-12H,5-6H2,1-4H3,(H,22,25). The molecule has 148 valence electrons. The molecule has 0 fully saturated rings. The Kier molecular flexibility index (Phi) is 7.14. The summed E-state index contributed by atoms with van der Waals surface area (Å²) in [6, 6.07) is 9.52. The molecule has 0 saturated carbocycles. The summed E-state index contributed by atoms with van der Waals surface area (Å²) in [5, 5.41) is 2.80. The van der Waals surface area contributed by atoms with Gasteiger partial charge in [0.25, 0.3) is 5.91 Å². The molecule has 28 heavy (non-hydrogen) atoms. The van der Waals surface area contributed by atoms with Crippen LogP contribution < -0.4 is 19.5 Å². The number of amides is 1. The first-order valence-corrected chi connectivity index (χ1v) is 8.89.